The highest BCUT2D eigenvalue weighted by atomic mass is 19.1. The molecule has 0 spiro atoms. The molecule has 2 rings (SSSR count). The van der Waals surface area contributed by atoms with Gasteiger partial charge in [0.25, 0.3) is 0 Å². The minimum Gasteiger partial charge on any atom is -0.495 e. The van der Waals surface area contributed by atoms with Crippen LogP contribution in [0.3, 0.4) is 0 Å². The number of halogens is 1. The van der Waals surface area contributed by atoms with Gasteiger partial charge in [0, 0.05) is 18.3 Å². The zero-order valence-electron chi connectivity index (χ0n) is 10.1. The Morgan fingerprint density at radius 1 is 1.22 bits per heavy atom. The van der Waals surface area contributed by atoms with Crippen LogP contribution in [0.1, 0.15) is 5.56 Å². The van der Waals surface area contributed by atoms with Gasteiger partial charge in [0.1, 0.15) is 11.6 Å². The average molecular weight is 246 g/mol. The number of rotatable bonds is 4. The van der Waals surface area contributed by atoms with Gasteiger partial charge in [0.05, 0.1) is 12.8 Å². The monoisotopic (exact) mass is 246 g/mol. The molecule has 4 heteroatoms. The number of nitrogens with two attached hydrogens (primary N) is 1. The Kier molecular flexibility index (Phi) is 3.67. The first-order valence-electron chi connectivity index (χ1n) is 5.61. The molecule has 94 valence electrons. The van der Waals surface area contributed by atoms with E-state index in [9.17, 15) is 4.39 Å². The molecule has 18 heavy (non-hydrogen) atoms. The third kappa shape index (κ3) is 2.91. The van der Waals surface area contributed by atoms with Gasteiger partial charge in [0.2, 0.25) is 0 Å². The standard InChI is InChI=1S/C14H15FN2O/c1-18-14-8-12(5-6-13(14)16)17-9-10-3-2-4-11(15)7-10/h2-8,17H,9,16H2,1H3. The molecule has 0 amide bonds. The minimum atomic E-state index is -0.232. The second-order valence-electron chi connectivity index (χ2n) is 3.94. The van der Waals surface area contributed by atoms with E-state index in [-0.39, 0.29) is 5.82 Å². The van der Waals surface area contributed by atoms with Crippen LogP contribution in [0.2, 0.25) is 0 Å². The van der Waals surface area contributed by atoms with Gasteiger partial charge in [-0.15, -0.1) is 0 Å². The second-order valence-corrected chi connectivity index (χ2v) is 3.94. The summed E-state index contributed by atoms with van der Waals surface area (Å²) in [5.41, 5.74) is 8.08. The molecule has 3 N–H and O–H groups in total. The van der Waals surface area contributed by atoms with Crippen LogP contribution < -0.4 is 15.8 Å². The molecular weight excluding hydrogens is 231 g/mol. The smallest absolute Gasteiger partial charge is 0.143 e. The molecule has 0 saturated carbocycles. The molecule has 0 saturated heterocycles. The third-order valence-corrected chi connectivity index (χ3v) is 2.62. The van der Waals surface area contributed by atoms with Crippen molar-refractivity contribution in [2.45, 2.75) is 6.54 Å². The summed E-state index contributed by atoms with van der Waals surface area (Å²) in [6, 6.07) is 11.9. The average Bonchev–Trinajstić information content (AvgIpc) is 2.38. The number of nitrogens with one attached hydrogen (secondary N) is 1. The van der Waals surface area contributed by atoms with E-state index in [0.717, 1.165) is 11.3 Å². The maximum atomic E-state index is 13.0. The van der Waals surface area contributed by atoms with Crippen molar-refractivity contribution in [1.29, 1.82) is 0 Å². The lowest BCUT2D eigenvalue weighted by Gasteiger charge is -2.10. The van der Waals surface area contributed by atoms with Crippen LogP contribution in [-0.4, -0.2) is 7.11 Å². The second kappa shape index (κ2) is 5.40. The molecule has 0 aromatic heterocycles. The molecule has 0 unspecified atom stereocenters. The molecule has 0 fully saturated rings. The van der Waals surface area contributed by atoms with Crippen LogP contribution in [0, 0.1) is 5.82 Å². The Balaban J connectivity index is 2.06. The van der Waals surface area contributed by atoms with Crippen molar-refractivity contribution >= 4 is 11.4 Å². The van der Waals surface area contributed by atoms with Gasteiger partial charge in [-0.2, -0.15) is 0 Å². The molecule has 0 aliphatic heterocycles. The fourth-order valence-corrected chi connectivity index (χ4v) is 1.67. The summed E-state index contributed by atoms with van der Waals surface area (Å²) in [6.45, 7) is 0.546. The van der Waals surface area contributed by atoms with Crippen molar-refractivity contribution in [3.63, 3.8) is 0 Å². The van der Waals surface area contributed by atoms with Gasteiger partial charge < -0.3 is 15.8 Å². The first-order valence-corrected chi connectivity index (χ1v) is 5.61. The number of benzene rings is 2. The van der Waals surface area contributed by atoms with E-state index in [1.165, 1.54) is 12.1 Å². The molecule has 0 aliphatic rings. The minimum absolute atomic E-state index is 0.232. The summed E-state index contributed by atoms with van der Waals surface area (Å²) in [6.07, 6.45) is 0. The normalized spacial score (nSPS) is 10.1. The fraction of sp³-hybridized carbons (Fsp3) is 0.143. The SMILES string of the molecule is COc1cc(NCc2cccc(F)c2)ccc1N. The van der Waals surface area contributed by atoms with Crippen LogP contribution in [0.25, 0.3) is 0 Å². The van der Waals surface area contributed by atoms with Gasteiger partial charge in [-0.3, -0.25) is 0 Å². The number of hydrogen-bond acceptors (Lipinski definition) is 3. The zero-order valence-corrected chi connectivity index (χ0v) is 10.1. The number of ether oxygens (including phenoxy) is 1. The zero-order chi connectivity index (χ0) is 13.0. The largest absolute Gasteiger partial charge is 0.495 e. The highest BCUT2D eigenvalue weighted by molar-refractivity contribution is 5.61. The Bertz CT molecular complexity index is 543. The van der Waals surface area contributed by atoms with E-state index in [0.29, 0.717) is 18.0 Å². The van der Waals surface area contributed by atoms with E-state index < -0.39 is 0 Å². The fourth-order valence-electron chi connectivity index (χ4n) is 1.67. The molecular formula is C14H15FN2O. The van der Waals surface area contributed by atoms with Crippen molar-refractivity contribution in [3.05, 3.63) is 53.8 Å². The highest BCUT2D eigenvalue weighted by Crippen LogP contribution is 2.25. The summed E-state index contributed by atoms with van der Waals surface area (Å²) in [5, 5.41) is 3.19. The van der Waals surface area contributed by atoms with Gasteiger partial charge in [-0.1, -0.05) is 12.1 Å². The van der Waals surface area contributed by atoms with Crippen LogP contribution in [-0.2, 0) is 6.54 Å². The van der Waals surface area contributed by atoms with Crippen LogP contribution in [0.4, 0.5) is 15.8 Å². The molecule has 0 bridgehead atoms. The Morgan fingerprint density at radius 3 is 2.78 bits per heavy atom. The van der Waals surface area contributed by atoms with E-state index in [2.05, 4.69) is 5.32 Å². The quantitative estimate of drug-likeness (QED) is 0.815. The van der Waals surface area contributed by atoms with E-state index >= 15 is 0 Å². The maximum absolute atomic E-state index is 13.0. The molecule has 0 radical (unpaired) electrons. The van der Waals surface area contributed by atoms with Crippen molar-refractivity contribution in [2.75, 3.05) is 18.2 Å². The van der Waals surface area contributed by atoms with Crippen LogP contribution >= 0.6 is 0 Å². The third-order valence-electron chi connectivity index (χ3n) is 2.62. The summed E-state index contributed by atoms with van der Waals surface area (Å²) in [7, 11) is 1.57. The highest BCUT2D eigenvalue weighted by Gasteiger charge is 2.01. The maximum Gasteiger partial charge on any atom is 0.143 e. The van der Waals surface area contributed by atoms with Gasteiger partial charge in [0.15, 0.2) is 0 Å². The number of methoxy groups -OCH3 is 1. The molecule has 0 heterocycles. The summed E-state index contributed by atoms with van der Waals surface area (Å²) in [5.74, 6) is 0.392. The Morgan fingerprint density at radius 2 is 2.06 bits per heavy atom. The van der Waals surface area contributed by atoms with E-state index in [1.54, 1.807) is 19.2 Å². The predicted molar refractivity (Wildman–Crippen MR) is 71.1 cm³/mol. The Labute approximate surface area is 105 Å². The first kappa shape index (κ1) is 12.2. The lowest BCUT2D eigenvalue weighted by atomic mass is 10.2. The predicted octanol–water partition coefficient (Wildman–Crippen LogP) is 3.03. The van der Waals surface area contributed by atoms with Gasteiger partial charge in [-0.25, -0.2) is 4.39 Å². The van der Waals surface area contributed by atoms with Gasteiger partial charge in [-0.05, 0) is 29.8 Å². The number of nitrogen functional groups attached to an aromatic ring is 1. The molecule has 2 aromatic carbocycles. The van der Waals surface area contributed by atoms with Crippen LogP contribution in [0.15, 0.2) is 42.5 Å². The van der Waals surface area contributed by atoms with E-state index in [1.807, 2.05) is 18.2 Å². The molecule has 2 aromatic rings. The lowest BCUT2D eigenvalue weighted by Crippen LogP contribution is -2.01. The van der Waals surface area contributed by atoms with Crippen molar-refractivity contribution < 1.29 is 9.13 Å². The summed E-state index contributed by atoms with van der Waals surface area (Å²) in [4.78, 5) is 0. The summed E-state index contributed by atoms with van der Waals surface area (Å²) < 4.78 is 18.1. The molecule has 3 nitrogen and oxygen atoms in total. The number of hydrogen-bond donors (Lipinski definition) is 2. The van der Waals surface area contributed by atoms with Crippen LogP contribution in [0.5, 0.6) is 5.75 Å². The van der Waals surface area contributed by atoms with Gasteiger partial charge >= 0.3 is 0 Å². The first-order chi connectivity index (χ1) is 8.69. The van der Waals surface area contributed by atoms with Crippen molar-refractivity contribution in [1.82, 2.24) is 0 Å². The van der Waals surface area contributed by atoms with E-state index in [4.69, 9.17) is 10.5 Å². The molecule has 0 atom stereocenters. The topological polar surface area (TPSA) is 47.3 Å². The van der Waals surface area contributed by atoms with Crippen molar-refractivity contribution in [3.8, 4) is 5.75 Å². The number of anilines is 2. The summed E-state index contributed by atoms with van der Waals surface area (Å²) >= 11 is 0. The van der Waals surface area contributed by atoms with Crippen molar-refractivity contribution in [2.24, 2.45) is 0 Å². The molecule has 0 aliphatic carbocycles. The lowest BCUT2D eigenvalue weighted by molar-refractivity contribution is 0.417. The Hall–Kier alpha value is -2.23.